The maximum atomic E-state index is 12.8. The van der Waals surface area contributed by atoms with E-state index in [2.05, 4.69) is 6.92 Å². The number of hydrogen-bond donors (Lipinski definition) is 1. The number of halogens is 1. The Balaban J connectivity index is 0.00000300. The highest BCUT2D eigenvalue weighted by molar-refractivity contribution is 5.85. The molecule has 2 aliphatic rings. The number of aryl methyl sites for hydroxylation is 1. The van der Waals surface area contributed by atoms with Gasteiger partial charge in [0.25, 0.3) is 5.91 Å². The molecular formula is C22H34ClN3O3. The molecule has 3 rings (SSSR count). The van der Waals surface area contributed by atoms with Crippen LogP contribution in [0.15, 0.2) is 24.3 Å². The van der Waals surface area contributed by atoms with E-state index >= 15 is 0 Å². The largest absolute Gasteiger partial charge is 0.481 e. The molecule has 1 unspecified atom stereocenters. The molecule has 6 nitrogen and oxygen atoms in total. The summed E-state index contributed by atoms with van der Waals surface area (Å²) < 4.78 is 5.83. The maximum absolute atomic E-state index is 12.8. The van der Waals surface area contributed by atoms with Gasteiger partial charge in [0.05, 0.1) is 0 Å². The van der Waals surface area contributed by atoms with Crippen LogP contribution in [0.25, 0.3) is 0 Å². The molecule has 1 aliphatic heterocycles. The number of amides is 2. The normalized spacial score (nSPS) is 22.7. The lowest BCUT2D eigenvalue weighted by Gasteiger charge is -2.37. The Morgan fingerprint density at radius 3 is 2.31 bits per heavy atom. The van der Waals surface area contributed by atoms with Crippen LogP contribution >= 0.6 is 12.4 Å². The average molecular weight is 424 g/mol. The van der Waals surface area contributed by atoms with E-state index in [-0.39, 0.29) is 30.1 Å². The van der Waals surface area contributed by atoms with Crippen molar-refractivity contribution in [3.63, 3.8) is 0 Å². The smallest absolute Gasteiger partial charge is 0.263 e. The minimum atomic E-state index is -0.536. The topological polar surface area (TPSA) is 75.9 Å². The number of rotatable bonds is 6. The summed E-state index contributed by atoms with van der Waals surface area (Å²) in [5.74, 6) is 1.30. The highest BCUT2D eigenvalue weighted by atomic mass is 35.5. The first-order chi connectivity index (χ1) is 13.5. The Morgan fingerprint density at radius 2 is 1.72 bits per heavy atom. The number of nitrogens with two attached hydrogens (primary N) is 1. The fourth-order valence-corrected chi connectivity index (χ4v) is 4.34. The summed E-state index contributed by atoms with van der Waals surface area (Å²) in [4.78, 5) is 29.3. The van der Waals surface area contributed by atoms with Crippen LogP contribution in [0.5, 0.6) is 5.75 Å². The Hall–Kier alpha value is -1.79. The number of nitrogens with zero attached hydrogens (tertiary/aromatic N) is 2. The zero-order valence-electron chi connectivity index (χ0n) is 17.5. The van der Waals surface area contributed by atoms with Crippen molar-refractivity contribution in [1.82, 2.24) is 9.80 Å². The molecule has 0 spiro atoms. The summed E-state index contributed by atoms with van der Waals surface area (Å²) in [7, 11) is 0. The van der Waals surface area contributed by atoms with Crippen molar-refractivity contribution in [2.45, 2.75) is 45.6 Å². The second kappa shape index (κ2) is 10.8. The molecule has 0 radical (unpaired) electrons. The average Bonchev–Trinajstić information content (AvgIpc) is 3.22. The monoisotopic (exact) mass is 423 g/mol. The molecule has 2 amide bonds. The highest BCUT2D eigenvalue weighted by Crippen LogP contribution is 2.32. The Labute approximate surface area is 180 Å². The second-order valence-corrected chi connectivity index (χ2v) is 7.94. The summed E-state index contributed by atoms with van der Waals surface area (Å²) in [5, 5.41) is 0. The SMILES string of the molecule is CCc1ccc(OC(C)C(=O)N2CCN(C(=O)[C@@H]3CCC[C@@H]3CN)CC2)cc1.Cl. The van der Waals surface area contributed by atoms with Gasteiger partial charge in [-0.3, -0.25) is 9.59 Å². The number of ether oxygens (including phenoxy) is 1. The van der Waals surface area contributed by atoms with E-state index in [1.165, 1.54) is 5.56 Å². The van der Waals surface area contributed by atoms with Crippen molar-refractivity contribution in [2.24, 2.45) is 17.6 Å². The van der Waals surface area contributed by atoms with Crippen molar-refractivity contribution >= 4 is 24.2 Å². The van der Waals surface area contributed by atoms with Gasteiger partial charge in [-0.1, -0.05) is 25.5 Å². The zero-order valence-corrected chi connectivity index (χ0v) is 18.3. The first-order valence-electron chi connectivity index (χ1n) is 10.6. The Bertz CT molecular complexity index is 674. The van der Waals surface area contributed by atoms with E-state index in [9.17, 15) is 9.59 Å². The van der Waals surface area contributed by atoms with Gasteiger partial charge in [-0.25, -0.2) is 0 Å². The van der Waals surface area contributed by atoms with Gasteiger partial charge in [-0.15, -0.1) is 12.4 Å². The lowest BCUT2D eigenvalue weighted by Crippen LogP contribution is -2.54. The molecule has 1 saturated heterocycles. The van der Waals surface area contributed by atoms with Crippen LogP contribution < -0.4 is 10.5 Å². The van der Waals surface area contributed by atoms with Gasteiger partial charge in [0.2, 0.25) is 5.91 Å². The summed E-state index contributed by atoms with van der Waals surface area (Å²) in [6, 6.07) is 7.87. The van der Waals surface area contributed by atoms with Crippen LogP contribution in [0, 0.1) is 11.8 Å². The van der Waals surface area contributed by atoms with Gasteiger partial charge < -0.3 is 20.3 Å². The molecule has 1 aromatic rings. The quantitative estimate of drug-likeness (QED) is 0.762. The van der Waals surface area contributed by atoms with Crippen molar-refractivity contribution in [3.05, 3.63) is 29.8 Å². The van der Waals surface area contributed by atoms with E-state index in [4.69, 9.17) is 10.5 Å². The van der Waals surface area contributed by atoms with Crippen LogP contribution in [0.3, 0.4) is 0 Å². The van der Waals surface area contributed by atoms with Crippen LogP contribution in [0.1, 0.15) is 38.7 Å². The molecule has 29 heavy (non-hydrogen) atoms. The molecular weight excluding hydrogens is 390 g/mol. The fraction of sp³-hybridized carbons (Fsp3) is 0.636. The van der Waals surface area contributed by atoms with Gasteiger partial charge >= 0.3 is 0 Å². The fourth-order valence-electron chi connectivity index (χ4n) is 4.34. The lowest BCUT2D eigenvalue weighted by atomic mass is 9.94. The van der Waals surface area contributed by atoms with Crippen LogP contribution in [-0.4, -0.2) is 60.4 Å². The minimum Gasteiger partial charge on any atom is -0.481 e. The van der Waals surface area contributed by atoms with E-state index in [0.717, 1.165) is 25.7 Å². The van der Waals surface area contributed by atoms with E-state index < -0.39 is 6.10 Å². The predicted octanol–water partition coefficient (Wildman–Crippen LogP) is 2.48. The number of carbonyl (C=O) groups is 2. The third-order valence-electron chi connectivity index (χ3n) is 6.17. The number of piperazine rings is 1. The first-order valence-corrected chi connectivity index (χ1v) is 10.6. The van der Waals surface area contributed by atoms with Crippen molar-refractivity contribution in [1.29, 1.82) is 0 Å². The van der Waals surface area contributed by atoms with Crippen molar-refractivity contribution in [2.75, 3.05) is 32.7 Å². The molecule has 162 valence electrons. The highest BCUT2D eigenvalue weighted by Gasteiger charge is 2.36. The van der Waals surface area contributed by atoms with Gasteiger partial charge in [0.15, 0.2) is 6.10 Å². The maximum Gasteiger partial charge on any atom is 0.263 e. The zero-order chi connectivity index (χ0) is 20.1. The molecule has 1 saturated carbocycles. The van der Waals surface area contributed by atoms with Crippen molar-refractivity contribution in [3.8, 4) is 5.75 Å². The second-order valence-electron chi connectivity index (χ2n) is 7.94. The van der Waals surface area contributed by atoms with Crippen molar-refractivity contribution < 1.29 is 14.3 Å². The summed E-state index contributed by atoms with van der Waals surface area (Å²) in [5.41, 5.74) is 7.07. The Morgan fingerprint density at radius 1 is 1.10 bits per heavy atom. The summed E-state index contributed by atoms with van der Waals surface area (Å²) in [6.45, 7) is 6.79. The molecule has 7 heteroatoms. The molecule has 3 atom stereocenters. The van der Waals surface area contributed by atoms with Gasteiger partial charge in [0, 0.05) is 32.1 Å². The molecule has 0 bridgehead atoms. The number of carbonyl (C=O) groups excluding carboxylic acids is 2. The van der Waals surface area contributed by atoms with Gasteiger partial charge in [-0.2, -0.15) is 0 Å². The lowest BCUT2D eigenvalue weighted by molar-refractivity contribution is -0.145. The summed E-state index contributed by atoms with van der Waals surface area (Å²) in [6.07, 6.45) is 3.53. The number of benzene rings is 1. The first kappa shape index (κ1) is 23.5. The van der Waals surface area contributed by atoms with Gasteiger partial charge in [-0.05, 0) is 56.3 Å². The van der Waals surface area contributed by atoms with E-state index in [1.807, 2.05) is 34.1 Å². The molecule has 1 aromatic carbocycles. The molecule has 0 aromatic heterocycles. The molecule has 2 fully saturated rings. The third kappa shape index (κ3) is 5.64. The third-order valence-corrected chi connectivity index (χ3v) is 6.17. The summed E-state index contributed by atoms with van der Waals surface area (Å²) >= 11 is 0. The molecule has 1 heterocycles. The molecule has 2 N–H and O–H groups in total. The minimum absolute atomic E-state index is 0. The molecule has 1 aliphatic carbocycles. The predicted molar refractivity (Wildman–Crippen MR) is 116 cm³/mol. The Kier molecular flexibility index (Phi) is 8.78. The van der Waals surface area contributed by atoms with E-state index in [1.54, 1.807) is 6.92 Å². The van der Waals surface area contributed by atoms with Gasteiger partial charge in [0.1, 0.15) is 5.75 Å². The van der Waals surface area contributed by atoms with Crippen LogP contribution in [0.2, 0.25) is 0 Å². The van der Waals surface area contributed by atoms with E-state index in [0.29, 0.717) is 44.4 Å². The number of hydrogen-bond acceptors (Lipinski definition) is 4. The van der Waals surface area contributed by atoms with Crippen LogP contribution in [-0.2, 0) is 16.0 Å². The standard InChI is InChI=1S/C22H33N3O3.ClH/c1-3-17-7-9-19(10-8-17)28-16(2)21(26)24-11-13-25(14-12-24)22(27)20-6-4-5-18(20)15-23;/h7-10,16,18,20H,3-6,11-15,23H2,1-2H3;1H/t16?,18-,20-;/m1./s1. The van der Waals surface area contributed by atoms with Crippen LogP contribution in [0.4, 0.5) is 0 Å².